The summed E-state index contributed by atoms with van der Waals surface area (Å²) < 4.78 is 31.6. The maximum absolute atomic E-state index is 11.5. The Bertz CT molecular complexity index is 1070. The van der Waals surface area contributed by atoms with Gasteiger partial charge in [0.25, 0.3) is 0 Å². The molecule has 0 aliphatic heterocycles. The Morgan fingerprint density at radius 3 is 2.81 bits per heavy atom. The Kier molecular flexibility index (Phi) is 6.15. The number of rotatable bonds is 8. The van der Waals surface area contributed by atoms with Gasteiger partial charge in [-0.2, -0.15) is 0 Å². The third-order valence-electron chi connectivity index (χ3n) is 4.60. The molecule has 0 saturated heterocycles. The van der Waals surface area contributed by atoms with E-state index in [1.54, 1.807) is 13.1 Å². The van der Waals surface area contributed by atoms with Crippen molar-refractivity contribution >= 4 is 47.9 Å². The quantitative estimate of drug-likeness (QED) is 0.562. The van der Waals surface area contributed by atoms with Crippen LogP contribution in [0.2, 0.25) is 0 Å². The summed E-state index contributed by atoms with van der Waals surface area (Å²) >= 11 is 3.48. The van der Waals surface area contributed by atoms with Gasteiger partial charge in [-0.15, -0.1) is 0 Å². The first-order chi connectivity index (χ1) is 12.8. The maximum Gasteiger partial charge on any atom is 0.211 e. The molecule has 0 spiro atoms. The van der Waals surface area contributed by atoms with E-state index < -0.39 is 15.3 Å². The molecule has 0 saturated carbocycles. The largest absolute Gasteiger partial charge is 0.374 e. The van der Waals surface area contributed by atoms with Crippen LogP contribution in [0.25, 0.3) is 21.9 Å². The van der Waals surface area contributed by atoms with Crippen LogP contribution in [-0.2, 0) is 27.9 Å². The first-order valence-electron chi connectivity index (χ1n) is 8.84. The minimum Gasteiger partial charge on any atom is -0.374 e. The number of nitrogens with two attached hydrogens (primary N) is 1. The topological polar surface area (TPSA) is 100 Å². The Labute approximate surface area is 167 Å². The van der Waals surface area contributed by atoms with E-state index >= 15 is 0 Å². The van der Waals surface area contributed by atoms with Crippen LogP contribution in [-0.4, -0.2) is 34.8 Å². The second-order valence-electron chi connectivity index (χ2n) is 6.51. The van der Waals surface area contributed by atoms with Gasteiger partial charge < -0.3 is 9.30 Å². The monoisotopic (exact) mass is 454 g/mol. The molecule has 7 nitrogen and oxygen atoms in total. The van der Waals surface area contributed by atoms with Gasteiger partial charge >= 0.3 is 0 Å². The van der Waals surface area contributed by atoms with Gasteiger partial charge in [-0.3, -0.25) is 4.98 Å². The average molecular weight is 455 g/mol. The third kappa shape index (κ3) is 4.48. The van der Waals surface area contributed by atoms with Crippen molar-refractivity contribution in [1.29, 1.82) is 0 Å². The van der Waals surface area contributed by atoms with Gasteiger partial charge in [-0.1, -0.05) is 15.9 Å². The van der Waals surface area contributed by atoms with E-state index in [2.05, 4.69) is 25.5 Å². The lowest BCUT2D eigenvalue weighted by atomic mass is 10.2. The highest BCUT2D eigenvalue weighted by molar-refractivity contribution is 9.10. The molecule has 1 aromatic carbocycles. The van der Waals surface area contributed by atoms with Gasteiger partial charge in [0.05, 0.1) is 22.5 Å². The number of nitrogens with zero attached hydrogens (tertiary/aromatic N) is 3. The first-order valence-corrected chi connectivity index (χ1v) is 11.2. The number of fused-ring (bicyclic) bond motifs is 3. The molecule has 0 radical (unpaired) electrons. The number of halogens is 1. The summed E-state index contributed by atoms with van der Waals surface area (Å²) in [6, 6.07) is 5.97. The van der Waals surface area contributed by atoms with Crippen LogP contribution in [0.3, 0.4) is 0 Å². The Hall–Kier alpha value is -1.55. The summed E-state index contributed by atoms with van der Waals surface area (Å²) in [5, 5.41) is 5.67. The Morgan fingerprint density at radius 1 is 1.33 bits per heavy atom. The number of benzene rings is 1. The molecule has 0 aliphatic carbocycles. The van der Waals surface area contributed by atoms with Crippen molar-refractivity contribution in [2.45, 2.75) is 45.1 Å². The number of aryl methyl sites for hydroxylation is 1. The van der Waals surface area contributed by atoms with E-state index in [0.29, 0.717) is 32.6 Å². The van der Waals surface area contributed by atoms with Crippen molar-refractivity contribution < 1.29 is 13.2 Å². The summed E-state index contributed by atoms with van der Waals surface area (Å²) in [6.45, 7) is 5.20. The minimum atomic E-state index is -3.51. The first kappa shape index (κ1) is 20.2. The fraction of sp³-hybridized carbons (Fsp3) is 0.444. The van der Waals surface area contributed by atoms with E-state index in [1.165, 1.54) is 0 Å². The molecular formula is C18H23BrN4O3S. The molecule has 3 rings (SSSR count). The van der Waals surface area contributed by atoms with Gasteiger partial charge in [-0.25, -0.2) is 18.5 Å². The van der Waals surface area contributed by atoms with Crippen molar-refractivity contribution in [3.8, 4) is 0 Å². The minimum absolute atomic E-state index is 0.397. The maximum atomic E-state index is 11.5. The van der Waals surface area contributed by atoms with Gasteiger partial charge in [0.2, 0.25) is 10.0 Å². The van der Waals surface area contributed by atoms with Crippen molar-refractivity contribution in [2.75, 3.05) is 6.61 Å². The van der Waals surface area contributed by atoms with Crippen LogP contribution in [0.15, 0.2) is 28.9 Å². The fourth-order valence-electron chi connectivity index (χ4n) is 3.08. The Morgan fingerprint density at radius 2 is 2.11 bits per heavy atom. The number of primary sulfonamides is 1. The normalized spacial score (nSPS) is 13.5. The molecule has 0 aliphatic rings. The zero-order chi connectivity index (χ0) is 19.6. The fourth-order valence-corrected chi connectivity index (χ4v) is 3.93. The molecule has 1 atom stereocenters. The summed E-state index contributed by atoms with van der Waals surface area (Å²) in [4.78, 5) is 9.19. The molecule has 2 heterocycles. The molecule has 27 heavy (non-hydrogen) atoms. The van der Waals surface area contributed by atoms with Gasteiger partial charge in [0.15, 0.2) is 0 Å². The molecule has 146 valence electrons. The number of hydrogen-bond donors (Lipinski definition) is 1. The average Bonchev–Trinajstić information content (AvgIpc) is 2.96. The second kappa shape index (κ2) is 8.22. The molecule has 1 unspecified atom stereocenters. The second-order valence-corrected chi connectivity index (χ2v) is 9.41. The predicted octanol–water partition coefficient (Wildman–Crippen LogP) is 3.34. The molecule has 0 amide bonds. The SMILES string of the molecule is CCOCc1nc2cnc3cc(Br)ccc3c2n1CCCC(C)S(N)(=O)=O. The summed E-state index contributed by atoms with van der Waals surface area (Å²) in [6.07, 6.45) is 2.92. The zero-order valence-electron chi connectivity index (χ0n) is 15.4. The molecule has 2 aromatic heterocycles. The van der Waals surface area contributed by atoms with Crippen molar-refractivity contribution in [1.82, 2.24) is 14.5 Å². The number of aromatic nitrogens is 3. The van der Waals surface area contributed by atoms with E-state index in [-0.39, 0.29) is 0 Å². The standard InChI is InChI=1S/C18H23BrN4O3S/c1-3-26-11-17-22-16-10-21-15-9-13(19)6-7-14(15)18(16)23(17)8-4-5-12(2)27(20,24)25/h6-7,9-10,12H,3-5,8,11H2,1-2H3,(H2,20,24,25). The molecule has 9 heteroatoms. The number of imidazole rings is 1. The smallest absolute Gasteiger partial charge is 0.211 e. The van der Waals surface area contributed by atoms with E-state index in [0.717, 1.165) is 32.2 Å². The number of sulfonamides is 1. The summed E-state index contributed by atoms with van der Waals surface area (Å²) in [5.74, 6) is 0.812. The zero-order valence-corrected chi connectivity index (χ0v) is 17.8. The summed E-state index contributed by atoms with van der Waals surface area (Å²) in [5.41, 5.74) is 2.67. The van der Waals surface area contributed by atoms with Gasteiger partial charge in [-0.05, 0) is 44.9 Å². The van der Waals surface area contributed by atoms with Crippen molar-refractivity contribution in [3.63, 3.8) is 0 Å². The van der Waals surface area contributed by atoms with Crippen LogP contribution >= 0.6 is 15.9 Å². The van der Waals surface area contributed by atoms with Crippen LogP contribution in [0.1, 0.15) is 32.5 Å². The predicted molar refractivity (Wildman–Crippen MR) is 110 cm³/mol. The van der Waals surface area contributed by atoms with Crippen LogP contribution < -0.4 is 5.14 Å². The lowest BCUT2D eigenvalue weighted by molar-refractivity contribution is 0.126. The number of pyridine rings is 1. The lowest BCUT2D eigenvalue weighted by Crippen LogP contribution is -2.26. The molecule has 0 fully saturated rings. The molecule has 2 N–H and O–H groups in total. The highest BCUT2D eigenvalue weighted by Gasteiger charge is 2.18. The number of ether oxygens (including phenoxy) is 1. The van der Waals surface area contributed by atoms with Crippen LogP contribution in [0.4, 0.5) is 0 Å². The number of hydrogen-bond acceptors (Lipinski definition) is 5. The highest BCUT2D eigenvalue weighted by atomic mass is 79.9. The van der Waals surface area contributed by atoms with Gasteiger partial charge in [0.1, 0.15) is 17.9 Å². The highest BCUT2D eigenvalue weighted by Crippen LogP contribution is 2.28. The summed E-state index contributed by atoms with van der Waals surface area (Å²) in [7, 11) is -3.51. The van der Waals surface area contributed by atoms with E-state index in [4.69, 9.17) is 14.9 Å². The third-order valence-corrected chi connectivity index (χ3v) is 6.45. The van der Waals surface area contributed by atoms with Crippen LogP contribution in [0, 0.1) is 0 Å². The van der Waals surface area contributed by atoms with Crippen molar-refractivity contribution in [3.05, 3.63) is 34.7 Å². The van der Waals surface area contributed by atoms with E-state index in [1.807, 2.05) is 25.1 Å². The van der Waals surface area contributed by atoms with Crippen LogP contribution in [0.5, 0.6) is 0 Å². The van der Waals surface area contributed by atoms with Gasteiger partial charge in [0, 0.05) is 23.0 Å². The Balaban J connectivity index is 2.01. The molecule has 3 aromatic rings. The molecule has 0 bridgehead atoms. The van der Waals surface area contributed by atoms with E-state index in [9.17, 15) is 8.42 Å². The lowest BCUT2D eigenvalue weighted by Gasteiger charge is -2.13. The molecular weight excluding hydrogens is 432 g/mol. The van der Waals surface area contributed by atoms with Crippen molar-refractivity contribution in [2.24, 2.45) is 5.14 Å².